The topological polar surface area (TPSA) is 0 Å². The number of hydrogen-bond donors (Lipinski definition) is 0. The average molecular weight is 299 g/mol. The standard InChI is InChI=1S/C18H15ClS/c1-10-5-3-6-12-11(2)9-14-13-7-4-8-15(19)17(13)20-18(14)16(10)12/h3-4,6-10H,5H2,1-2H3. The number of hydrogen-bond acceptors (Lipinski definition) is 1. The molecule has 0 N–H and O–H groups in total. The summed E-state index contributed by atoms with van der Waals surface area (Å²) >= 11 is 8.23. The Labute approximate surface area is 127 Å². The van der Waals surface area contributed by atoms with Gasteiger partial charge in [-0.2, -0.15) is 0 Å². The van der Waals surface area contributed by atoms with Crippen molar-refractivity contribution in [2.24, 2.45) is 0 Å². The third-order valence-electron chi connectivity index (χ3n) is 4.29. The number of allylic oxidation sites excluding steroid dienone is 1. The van der Waals surface area contributed by atoms with Crippen LogP contribution < -0.4 is 0 Å². The van der Waals surface area contributed by atoms with Gasteiger partial charge in [0, 0.05) is 15.5 Å². The maximum Gasteiger partial charge on any atom is 0.0584 e. The van der Waals surface area contributed by atoms with Crippen LogP contribution in [0.5, 0.6) is 0 Å². The lowest BCUT2D eigenvalue weighted by molar-refractivity contribution is 0.779. The van der Waals surface area contributed by atoms with Crippen LogP contribution in [0.4, 0.5) is 0 Å². The zero-order valence-electron chi connectivity index (χ0n) is 11.5. The van der Waals surface area contributed by atoms with Crippen molar-refractivity contribution in [2.45, 2.75) is 26.2 Å². The molecule has 2 heteroatoms. The molecule has 1 atom stereocenters. The van der Waals surface area contributed by atoms with E-state index in [0.29, 0.717) is 5.92 Å². The molecule has 0 saturated heterocycles. The summed E-state index contributed by atoms with van der Waals surface area (Å²) in [5, 5.41) is 3.53. The maximum absolute atomic E-state index is 6.38. The molecule has 3 aromatic rings. The Morgan fingerprint density at radius 1 is 1.20 bits per heavy atom. The lowest BCUT2D eigenvalue weighted by Crippen LogP contribution is -2.01. The monoisotopic (exact) mass is 298 g/mol. The van der Waals surface area contributed by atoms with Gasteiger partial charge in [-0.05, 0) is 48.1 Å². The Hall–Kier alpha value is -1.31. The molecule has 0 nitrogen and oxygen atoms in total. The first-order valence-corrected chi connectivity index (χ1v) is 8.17. The van der Waals surface area contributed by atoms with Crippen LogP contribution in [-0.4, -0.2) is 0 Å². The molecule has 1 unspecified atom stereocenters. The van der Waals surface area contributed by atoms with Crippen molar-refractivity contribution < 1.29 is 0 Å². The highest BCUT2D eigenvalue weighted by Crippen LogP contribution is 2.45. The van der Waals surface area contributed by atoms with Crippen LogP contribution in [0.1, 0.15) is 36.0 Å². The molecule has 0 aliphatic heterocycles. The molecular weight excluding hydrogens is 284 g/mol. The van der Waals surface area contributed by atoms with E-state index in [1.165, 1.54) is 36.9 Å². The fraction of sp³-hybridized carbons (Fsp3) is 0.222. The van der Waals surface area contributed by atoms with E-state index in [0.717, 1.165) is 11.4 Å². The van der Waals surface area contributed by atoms with E-state index in [9.17, 15) is 0 Å². The normalized spacial score (nSPS) is 17.9. The molecule has 1 heterocycles. The average Bonchev–Trinajstić information content (AvgIpc) is 2.79. The van der Waals surface area contributed by atoms with Gasteiger partial charge in [-0.15, -0.1) is 11.3 Å². The quantitative estimate of drug-likeness (QED) is 0.442. The molecule has 0 spiro atoms. The second-order valence-corrected chi connectivity index (χ2v) is 7.08. The molecule has 100 valence electrons. The van der Waals surface area contributed by atoms with E-state index >= 15 is 0 Å². The van der Waals surface area contributed by atoms with E-state index in [1.54, 1.807) is 0 Å². The van der Waals surface area contributed by atoms with Crippen LogP contribution >= 0.6 is 22.9 Å². The minimum Gasteiger partial charge on any atom is -0.133 e. The summed E-state index contributed by atoms with van der Waals surface area (Å²) < 4.78 is 2.64. The summed E-state index contributed by atoms with van der Waals surface area (Å²) in [6.45, 7) is 4.54. The number of benzene rings is 2. The van der Waals surface area contributed by atoms with Crippen molar-refractivity contribution in [1.29, 1.82) is 0 Å². The molecule has 0 fully saturated rings. The molecule has 0 radical (unpaired) electrons. The molecule has 2 aromatic carbocycles. The molecule has 1 aromatic heterocycles. The molecule has 1 aliphatic carbocycles. The highest BCUT2D eigenvalue weighted by molar-refractivity contribution is 7.26. The molecule has 0 bridgehead atoms. The van der Waals surface area contributed by atoms with Gasteiger partial charge in [0.05, 0.1) is 9.72 Å². The van der Waals surface area contributed by atoms with Crippen LogP contribution in [-0.2, 0) is 0 Å². The summed E-state index contributed by atoms with van der Waals surface area (Å²) in [6.07, 6.45) is 5.72. The van der Waals surface area contributed by atoms with Gasteiger partial charge in [0.15, 0.2) is 0 Å². The smallest absolute Gasteiger partial charge is 0.0584 e. The van der Waals surface area contributed by atoms with Gasteiger partial charge >= 0.3 is 0 Å². The summed E-state index contributed by atoms with van der Waals surface area (Å²) in [5.41, 5.74) is 4.30. The van der Waals surface area contributed by atoms with Crippen molar-refractivity contribution in [3.05, 3.63) is 52.1 Å². The molecule has 20 heavy (non-hydrogen) atoms. The number of thiophene rings is 1. The Bertz CT molecular complexity index is 870. The first-order chi connectivity index (χ1) is 9.66. The first kappa shape index (κ1) is 12.4. The SMILES string of the molecule is Cc1cc2c(sc3c(Cl)cccc32)c2c1C=CCC2C. The zero-order valence-corrected chi connectivity index (χ0v) is 13.1. The molecule has 0 saturated carbocycles. The predicted octanol–water partition coefficient (Wildman–Crippen LogP) is 6.54. The Kier molecular flexibility index (Phi) is 2.70. The molecular formula is C18H15ClS. The van der Waals surface area contributed by atoms with Crippen molar-refractivity contribution in [3.63, 3.8) is 0 Å². The minimum atomic E-state index is 0.587. The highest BCUT2D eigenvalue weighted by atomic mass is 35.5. The maximum atomic E-state index is 6.38. The fourth-order valence-corrected chi connectivity index (χ4v) is 4.94. The lowest BCUT2D eigenvalue weighted by Gasteiger charge is -2.20. The van der Waals surface area contributed by atoms with Crippen molar-refractivity contribution in [3.8, 4) is 0 Å². The van der Waals surface area contributed by atoms with Crippen LogP contribution in [0.3, 0.4) is 0 Å². The predicted molar refractivity (Wildman–Crippen MR) is 91.1 cm³/mol. The number of aryl methyl sites for hydroxylation is 1. The summed E-state index contributed by atoms with van der Waals surface area (Å²) in [7, 11) is 0. The molecule has 1 aliphatic rings. The Morgan fingerprint density at radius 3 is 2.90 bits per heavy atom. The third-order valence-corrected chi connectivity index (χ3v) is 6.01. The van der Waals surface area contributed by atoms with Gasteiger partial charge in [0.25, 0.3) is 0 Å². The minimum absolute atomic E-state index is 0.587. The van der Waals surface area contributed by atoms with E-state index in [4.69, 9.17) is 11.6 Å². The van der Waals surface area contributed by atoms with E-state index in [-0.39, 0.29) is 0 Å². The van der Waals surface area contributed by atoms with Crippen LogP contribution in [0.15, 0.2) is 30.3 Å². The largest absolute Gasteiger partial charge is 0.133 e. The van der Waals surface area contributed by atoms with Crippen LogP contribution in [0, 0.1) is 6.92 Å². The number of halogens is 1. The van der Waals surface area contributed by atoms with E-state index in [1.807, 2.05) is 17.4 Å². The Morgan fingerprint density at radius 2 is 2.05 bits per heavy atom. The van der Waals surface area contributed by atoms with Gasteiger partial charge in [-0.1, -0.05) is 42.8 Å². The summed E-state index contributed by atoms with van der Waals surface area (Å²) in [6, 6.07) is 8.55. The van der Waals surface area contributed by atoms with Gasteiger partial charge in [0.2, 0.25) is 0 Å². The summed E-state index contributed by atoms with van der Waals surface area (Å²) in [5.74, 6) is 0.587. The van der Waals surface area contributed by atoms with E-state index in [2.05, 4.69) is 44.2 Å². The fourth-order valence-electron chi connectivity index (χ4n) is 3.29. The van der Waals surface area contributed by atoms with Crippen molar-refractivity contribution >= 4 is 49.2 Å². The van der Waals surface area contributed by atoms with Gasteiger partial charge in [0.1, 0.15) is 0 Å². The van der Waals surface area contributed by atoms with Gasteiger partial charge < -0.3 is 0 Å². The first-order valence-electron chi connectivity index (χ1n) is 6.97. The highest BCUT2D eigenvalue weighted by Gasteiger charge is 2.21. The van der Waals surface area contributed by atoms with E-state index < -0.39 is 0 Å². The Balaban J connectivity index is 2.24. The molecule has 4 rings (SSSR count). The summed E-state index contributed by atoms with van der Waals surface area (Å²) in [4.78, 5) is 0. The third kappa shape index (κ3) is 1.60. The molecule has 0 amide bonds. The number of rotatable bonds is 0. The second kappa shape index (κ2) is 4.34. The zero-order chi connectivity index (χ0) is 13.9. The van der Waals surface area contributed by atoms with Crippen molar-refractivity contribution in [1.82, 2.24) is 0 Å². The van der Waals surface area contributed by atoms with Gasteiger partial charge in [-0.3, -0.25) is 0 Å². The number of fused-ring (bicyclic) bond motifs is 5. The second-order valence-electron chi connectivity index (χ2n) is 5.66. The van der Waals surface area contributed by atoms with Crippen LogP contribution in [0.2, 0.25) is 5.02 Å². The van der Waals surface area contributed by atoms with Gasteiger partial charge in [-0.25, -0.2) is 0 Å². The van der Waals surface area contributed by atoms with Crippen molar-refractivity contribution in [2.75, 3.05) is 0 Å². The lowest BCUT2D eigenvalue weighted by atomic mass is 9.85. The van der Waals surface area contributed by atoms with Crippen LogP contribution in [0.25, 0.3) is 26.2 Å².